The van der Waals surface area contributed by atoms with Crippen molar-refractivity contribution in [2.24, 2.45) is 0 Å². The fraction of sp³-hybridized carbons (Fsp3) is 0.333. The van der Waals surface area contributed by atoms with E-state index < -0.39 is 38.7 Å². The molecule has 0 heterocycles. The van der Waals surface area contributed by atoms with Gasteiger partial charge in [0.1, 0.15) is 22.3 Å². The summed E-state index contributed by atoms with van der Waals surface area (Å²) in [6.07, 6.45) is -4.22. The largest absolute Gasteiger partial charge is 0.573 e. The third-order valence-electron chi connectivity index (χ3n) is 3.77. The van der Waals surface area contributed by atoms with Gasteiger partial charge in [0, 0.05) is 31.9 Å². The number of unbranched alkanes of at least 4 members (excludes halogenated alkanes) is 1. The van der Waals surface area contributed by atoms with Gasteiger partial charge in [-0.3, -0.25) is 0 Å². The van der Waals surface area contributed by atoms with Gasteiger partial charge in [-0.1, -0.05) is 6.07 Å². The average molecular weight is 439 g/mol. The van der Waals surface area contributed by atoms with E-state index >= 15 is 0 Å². The van der Waals surface area contributed by atoms with Crippen molar-refractivity contribution in [3.63, 3.8) is 0 Å². The Bertz CT molecular complexity index is 948. The quantitative estimate of drug-likeness (QED) is 0.469. The van der Waals surface area contributed by atoms with Gasteiger partial charge in [0.2, 0.25) is 10.0 Å². The van der Waals surface area contributed by atoms with E-state index in [-0.39, 0.29) is 17.7 Å². The van der Waals surface area contributed by atoms with Crippen LogP contribution in [0.15, 0.2) is 41.3 Å². The second kappa shape index (κ2) is 9.51. The maximum Gasteiger partial charge on any atom is 0.573 e. The summed E-state index contributed by atoms with van der Waals surface area (Å²) >= 11 is 0. The summed E-state index contributed by atoms with van der Waals surface area (Å²) in [5, 5.41) is 0. The van der Waals surface area contributed by atoms with E-state index in [0.29, 0.717) is 25.5 Å². The van der Waals surface area contributed by atoms with Crippen molar-refractivity contribution >= 4 is 10.0 Å². The summed E-state index contributed by atoms with van der Waals surface area (Å²) in [5.41, 5.74) is -0.323. The Morgan fingerprint density at radius 3 is 2.38 bits per heavy atom. The van der Waals surface area contributed by atoms with Gasteiger partial charge in [-0.15, -0.1) is 13.2 Å². The lowest BCUT2D eigenvalue weighted by Gasteiger charge is -2.16. The number of hydrogen-bond donors (Lipinski definition) is 1. The highest BCUT2D eigenvalue weighted by molar-refractivity contribution is 7.89. The Balaban J connectivity index is 2.39. The normalized spacial score (nSPS) is 12.2. The smallest absolute Gasteiger partial charge is 0.404 e. The first kappa shape index (κ1) is 23.0. The molecule has 160 valence electrons. The second-order valence-corrected chi connectivity index (χ2v) is 7.67. The number of benzene rings is 2. The molecule has 0 bridgehead atoms. The van der Waals surface area contributed by atoms with Crippen LogP contribution in [-0.4, -0.2) is 35.0 Å². The lowest BCUT2D eigenvalue weighted by Crippen LogP contribution is -2.27. The van der Waals surface area contributed by atoms with Crippen LogP contribution in [0.25, 0.3) is 11.1 Å². The third kappa shape index (κ3) is 6.65. The van der Waals surface area contributed by atoms with E-state index in [1.54, 1.807) is 0 Å². The molecule has 0 atom stereocenters. The second-order valence-electron chi connectivity index (χ2n) is 5.93. The van der Waals surface area contributed by atoms with Gasteiger partial charge in [-0.05, 0) is 42.7 Å². The van der Waals surface area contributed by atoms with Gasteiger partial charge in [-0.2, -0.15) is 0 Å². The van der Waals surface area contributed by atoms with Crippen molar-refractivity contribution in [3.05, 3.63) is 48.0 Å². The summed E-state index contributed by atoms with van der Waals surface area (Å²) in [4.78, 5) is -0.757. The summed E-state index contributed by atoms with van der Waals surface area (Å²) < 4.78 is 101. The van der Waals surface area contributed by atoms with Crippen molar-refractivity contribution < 1.29 is 39.8 Å². The number of alkyl halides is 3. The first-order valence-electron chi connectivity index (χ1n) is 8.37. The number of rotatable bonds is 9. The van der Waals surface area contributed by atoms with Crippen molar-refractivity contribution in [2.45, 2.75) is 24.1 Å². The number of ether oxygens (including phenoxy) is 2. The van der Waals surface area contributed by atoms with Gasteiger partial charge in [0.25, 0.3) is 0 Å². The molecule has 0 amide bonds. The van der Waals surface area contributed by atoms with E-state index in [0.717, 1.165) is 30.3 Å². The van der Waals surface area contributed by atoms with Crippen LogP contribution in [0.5, 0.6) is 5.75 Å². The zero-order valence-electron chi connectivity index (χ0n) is 15.2. The molecule has 5 nitrogen and oxygen atoms in total. The van der Waals surface area contributed by atoms with Crippen molar-refractivity contribution in [2.75, 3.05) is 20.3 Å². The van der Waals surface area contributed by atoms with Gasteiger partial charge in [-0.25, -0.2) is 21.9 Å². The Labute approximate surface area is 164 Å². The Hall–Kier alpha value is -2.24. The first-order valence-corrected chi connectivity index (χ1v) is 9.85. The number of methoxy groups -OCH3 is 1. The van der Waals surface area contributed by atoms with Gasteiger partial charge >= 0.3 is 6.36 Å². The van der Waals surface area contributed by atoms with Crippen LogP contribution in [0.3, 0.4) is 0 Å². The highest BCUT2D eigenvalue weighted by atomic mass is 32.2. The summed E-state index contributed by atoms with van der Waals surface area (Å²) in [7, 11) is -2.85. The number of halogens is 5. The lowest BCUT2D eigenvalue weighted by molar-refractivity contribution is -0.275. The number of hydrogen-bond acceptors (Lipinski definition) is 4. The highest BCUT2D eigenvalue weighted by Crippen LogP contribution is 2.34. The summed E-state index contributed by atoms with van der Waals surface area (Å²) in [6, 6.07) is 5.24. The molecule has 2 aromatic rings. The molecule has 0 aliphatic rings. The van der Waals surface area contributed by atoms with E-state index in [1.807, 2.05) is 0 Å². The molecule has 0 aliphatic carbocycles. The fourth-order valence-electron chi connectivity index (χ4n) is 2.48. The topological polar surface area (TPSA) is 64.6 Å². The molecule has 0 unspecified atom stereocenters. The molecule has 0 spiro atoms. The van der Waals surface area contributed by atoms with E-state index in [2.05, 4.69) is 9.46 Å². The van der Waals surface area contributed by atoms with Crippen LogP contribution in [0.1, 0.15) is 12.8 Å². The fourth-order valence-corrected chi connectivity index (χ4v) is 3.66. The van der Waals surface area contributed by atoms with Gasteiger partial charge in [0.05, 0.1) is 0 Å². The summed E-state index contributed by atoms with van der Waals surface area (Å²) in [6.45, 7) is 0.383. The third-order valence-corrected chi connectivity index (χ3v) is 5.27. The molecule has 2 aromatic carbocycles. The minimum Gasteiger partial charge on any atom is -0.404 e. The van der Waals surface area contributed by atoms with Crippen LogP contribution in [0.2, 0.25) is 0 Å². The minimum atomic E-state index is -5.18. The van der Waals surface area contributed by atoms with Gasteiger partial charge in [0.15, 0.2) is 0 Å². The van der Waals surface area contributed by atoms with Crippen LogP contribution >= 0.6 is 0 Å². The SMILES string of the molecule is COCCCCNS(=O)(=O)c1ccc(-c2ccc(F)cc2F)cc1OC(F)(F)F. The Morgan fingerprint density at radius 2 is 1.76 bits per heavy atom. The van der Waals surface area contributed by atoms with Crippen LogP contribution in [0, 0.1) is 11.6 Å². The highest BCUT2D eigenvalue weighted by Gasteiger charge is 2.34. The van der Waals surface area contributed by atoms with Crippen LogP contribution < -0.4 is 9.46 Å². The van der Waals surface area contributed by atoms with Crippen molar-refractivity contribution in [1.29, 1.82) is 0 Å². The Kier molecular flexibility index (Phi) is 7.55. The molecule has 0 radical (unpaired) electrons. The molecule has 0 fully saturated rings. The molecule has 0 aliphatic heterocycles. The molecule has 0 saturated heterocycles. The maximum atomic E-state index is 14.0. The van der Waals surface area contributed by atoms with Gasteiger partial charge < -0.3 is 9.47 Å². The minimum absolute atomic E-state index is 0.0223. The molecule has 2 rings (SSSR count). The van der Waals surface area contributed by atoms with E-state index in [4.69, 9.17) is 4.74 Å². The Morgan fingerprint density at radius 1 is 1.03 bits per heavy atom. The number of nitrogens with one attached hydrogen (secondary N) is 1. The van der Waals surface area contributed by atoms with Crippen LogP contribution in [-0.2, 0) is 14.8 Å². The predicted molar refractivity (Wildman–Crippen MR) is 94.8 cm³/mol. The zero-order valence-corrected chi connectivity index (χ0v) is 16.0. The molecular formula is C18H18F5NO4S. The summed E-state index contributed by atoms with van der Waals surface area (Å²) in [5.74, 6) is -2.91. The predicted octanol–water partition coefficient (Wildman–Crippen LogP) is 4.24. The first-order chi connectivity index (χ1) is 13.5. The van der Waals surface area contributed by atoms with E-state index in [9.17, 15) is 30.4 Å². The maximum absolute atomic E-state index is 14.0. The van der Waals surface area contributed by atoms with Crippen LogP contribution in [0.4, 0.5) is 22.0 Å². The zero-order chi connectivity index (χ0) is 21.7. The van der Waals surface area contributed by atoms with Crippen molar-refractivity contribution in [1.82, 2.24) is 4.72 Å². The van der Waals surface area contributed by atoms with E-state index in [1.165, 1.54) is 7.11 Å². The average Bonchev–Trinajstić information content (AvgIpc) is 2.60. The molecule has 1 N–H and O–H groups in total. The molecule has 29 heavy (non-hydrogen) atoms. The molecular weight excluding hydrogens is 421 g/mol. The molecule has 0 aromatic heterocycles. The standard InChI is InChI=1S/C18H18F5NO4S/c1-27-9-3-2-8-24-29(25,26)17-7-4-12(10-16(17)28-18(21,22)23)14-6-5-13(19)11-15(14)20/h4-7,10-11,24H,2-3,8-9H2,1H3. The monoisotopic (exact) mass is 439 g/mol. The molecule has 11 heteroatoms. The molecule has 0 saturated carbocycles. The lowest BCUT2D eigenvalue weighted by atomic mass is 10.0. The van der Waals surface area contributed by atoms with Crippen molar-refractivity contribution in [3.8, 4) is 16.9 Å². The number of sulfonamides is 1.